The lowest BCUT2D eigenvalue weighted by Gasteiger charge is -2.13. The first kappa shape index (κ1) is 11.0. The monoisotopic (exact) mass is 216 g/mol. The standard InChI is InChI=1S/C13H16N2O/c1-10-2-7-13(16-10)9-15-12-5-3-11(8-14)4-6-12/h3-6,10,13,15H,2,7,9H2,1H3. The van der Waals surface area contributed by atoms with Crippen molar-refractivity contribution in [1.82, 2.24) is 0 Å². The first-order valence-electron chi connectivity index (χ1n) is 5.67. The number of nitrogens with zero attached hydrogens (tertiary/aromatic N) is 1. The Bertz CT molecular complexity index is 380. The smallest absolute Gasteiger partial charge is 0.0991 e. The van der Waals surface area contributed by atoms with Crippen molar-refractivity contribution < 1.29 is 4.74 Å². The van der Waals surface area contributed by atoms with Crippen molar-refractivity contribution in [2.24, 2.45) is 0 Å². The largest absolute Gasteiger partial charge is 0.382 e. The zero-order valence-corrected chi connectivity index (χ0v) is 9.44. The SMILES string of the molecule is CC1CCC(CNc2ccc(C#N)cc2)O1. The topological polar surface area (TPSA) is 45.0 Å². The van der Waals surface area contributed by atoms with Gasteiger partial charge < -0.3 is 10.1 Å². The highest BCUT2D eigenvalue weighted by Gasteiger charge is 2.20. The van der Waals surface area contributed by atoms with E-state index in [1.165, 1.54) is 0 Å². The van der Waals surface area contributed by atoms with E-state index in [-0.39, 0.29) is 0 Å². The molecule has 1 aliphatic heterocycles. The molecule has 0 amide bonds. The lowest BCUT2D eigenvalue weighted by molar-refractivity contribution is 0.0637. The van der Waals surface area contributed by atoms with E-state index in [0.29, 0.717) is 17.8 Å². The minimum absolute atomic E-state index is 0.325. The Labute approximate surface area is 96.0 Å². The minimum atomic E-state index is 0.325. The second-order valence-corrected chi connectivity index (χ2v) is 4.22. The van der Waals surface area contributed by atoms with E-state index in [1.807, 2.05) is 24.3 Å². The molecule has 1 aliphatic rings. The average Bonchev–Trinajstić information content (AvgIpc) is 2.73. The lowest BCUT2D eigenvalue weighted by Crippen LogP contribution is -2.19. The number of rotatable bonds is 3. The van der Waals surface area contributed by atoms with Gasteiger partial charge in [-0.15, -0.1) is 0 Å². The molecule has 0 saturated carbocycles. The van der Waals surface area contributed by atoms with Crippen LogP contribution in [0.3, 0.4) is 0 Å². The summed E-state index contributed by atoms with van der Waals surface area (Å²) >= 11 is 0. The Hall–Kier alpha value is -1.53. The molecular weight excluding hydrogens is 200 g/mol. The molecule has 0 aromatic heterocycles. The second kappa shape index (κ2) is 5.00. The van der Waals surface area contributed by atoms with Crippen LogP contribution in [-0.2, 0) is 4.74 Å². The Morgan fingerprint density at radius 2 is 2.12 bits per heavy atom. The van der Waals surface area contributed by atoms with Gasteiger partial charge in [-0.2, -0.15) is 5.26 Å². The summed E-state index contributed by atoms with van der Waals surface area (Å²) < 4.78 is 5.71. The maximum absolute atomic E-state index is 8.67. The molecule has 1 aromatic rings. The first-order chi connectivity index (χ1) is 7.78. The van der Waals surface area contributed by atoms with Crippen LogP contribution in [-0.4, -0.2) is 18.8 Å². The molecule has 1 N–H and O–H groups in total. The van der Waals surface area contributed by atoms with Crippen LogP contribution in [0.25, 0.3) is 0 Å². The quantitative estimate of drug-likeness (QED) is 0.844. The lowest BCUT2D eigenvalue weighted by atomic mass is 10.2. The van der Waals surface area contributed by atoms with Gasteiger partial charge in [0.05, 0.1) is 23.8 Å². The molecule has 2 rings (SSSR count). The van der Waals surface area contributed by atoms with Gasteiger partial charge in [0.1, 0.15) is 0 Å². The van der Waals surface area contributed by atoms with Crippen molar-refractivity contribution in [2.75, 3.05) is 11.9 Å². The van der Waals surface area contributed by atoms with Crippen LogP contribution in [0.15, 0.2) is 24.3 Å². The molecule has 3 heteroatoms. The van der Waals surface area contributed by atoms with Gasteiger partial charge in [0.25, 0.3) is 0 Å². The molecule has 1 fully saturated rings. The Balaban J connectivity index is 1.83. The van der Waals surface area contributed by atoms with Crippen LogP contribution in [0.2, 0.25) is 0 Å². The molecule has 16 heavy (non-hydrogen) atoms. The van der Waals surface area contributed by atoms with E-state index < -0.39 is 0 Å². The number of hydrogen-bond acceptors (Lipinski definition) is 3. The van der Waals surface area contributed by atoms with E-state index in [2.05, 4.69) is 18.3 Å². The van der Waals surface area contributed by atoms with Crippen molar-refractivity contribution in [3.63, 3.8) is 0 Å². The highest BCUT2D eigenvalue weighted by molar-refractivity contribution is 5.47. The average molecular weight is 216 g/mol. The van der Waals surface area contributed by atoms with E-state index >= 15 is 0 Å². The van der Waals surface area contributed by atoms with Crippen LogP contribution in [0.5, 0.6) is 0 Å². The Morgan fingerprint density at radius 1 is 1.38 bits per heavy atom. The molecule has 2 atom stereocenters. The summed E-state index contributed by atoms with van der Waals surface area (Å²) in [5, 5.41) is 12.0. The summed E-state index contributed by atoms with van der Waals surface area (Å²) in [6.07, 6.45) is 3.00. The number of hydrogen-bond donors (Lipinski definition) is 1. The first-order valence-corrected chi connectivity index (χ1v) is 5.67. The molecule has 3 nitrogen and oxygen atoms in total. The molecule has 0 aliphatic carbocycles. The highest BCUT2D eigenvalue weighted by Crippen LogP contribution is 2.19. The van der Waals surface area contributed by atoms with Crippen LogP contribution in [0, 0.1) is 11.3 Å². The number of benzene rings is 1. The van der Waals surface area contributed by atoms with Crippen LogP contribution >= 0.6 is 0 Å². The minimum Gasteiger partial charge on any atom is -0.382 e. The normalized spacial score (nSPS) is 24.0. The Kier molecular flexibility index (Phi) is 3.43. The fourth-order valence-electron chi connectivity index (χ4n) is 1.93. The predicted octanol–water partition coefficient (Wildman–Crippen LogP) is 2.54. The van der Waals surface area contributed by atoms with Gasteiger partial charge in [-0.1, -0.05) is 0 Å². The van der Waals surface area contributed by atoms with E-state index in [0.717, 1.165) is 25.1 Å². The molecule has 1 saturated heterocycles. The molecular formula is C13H16N2O. The number of ether oxygens (including phenoxy) is 1. The summed E-state index contributed by atoms with van der Waals surface area (Å²) in [7, 11) is 0. The summed E-state index contributed by atoms with van der Waals surface area (Å²) in [5.41, 5.74) is 1.73. The zero-order chi connectivity index (χ0) is 11.4. The number of nitriles is 1. The Morgan fingerprint density at radius 3 is 2.69 bits per heavy atom. The third-order valence-electron chi connectivity index (χ3n) is 2.87. The summed E-state index contributed by atoms with van der Waals surface area (Å²) in [6, 6.07) is 9.60. The van der Waals surface area contributed by atoms with Crippen molar-refractivity contribution in [1.29, 1.82) is 5.26 Å². The third kappa shape index (κ3) is 2.74. The van der Waals surface area contributed by atoms with Gasteiger partial charge in [0.2, 0.25) is 0 Å². The van der Waals surface area contributed by atoms with Gasteiger partial charge in [0.15, 0.2) is 0 Å². The van der Waals surface area contributed by atoms with Gasteiger partial charge >= 0.3 is 0 Å². The van der Waals surface area contributed by atoms with Crippen LogP contribution in [0.4, 0.5) is 5.69 Å². The van der Waals surface area contributed by atoms with Gasteiger partial charge in [-0.25, -0.2) is 0 Å². The molecule has 0 spiro atoms. The van der Waals surface area contributed by atoms with Gasteiger partial charge in [-0.05, 0) is 44.0 Å². The van der Waals surface area contributed by atoms with Crippen molar-refractivity contribution in [3.05, 3.63) is 29.8 Å². The van der Waals surface area contributed by atoms with E-state index in [1.54, 1.807) is 0 Å². The summed E-state index contributed by atoms with van der Waals surface area (Å²) in [4.78, 5) is 0. The van der Waals surface area contributed by atoms with Crippen molar-refractivity contribution >= 4 is 5.69 Å². The maximum Gasteiger partial charge on any atom is 0.0991 e. The molecule has 2 unspecified atom stereocenters. The fraction of sp³-hybridized carbons (Fsp3) is 0.462. The predicted molar refractivity (Wildman–Crippen MR) is 63.2 cm³/mol. The number of anilines is 1. The van der Waals surface area contributed by atoms with Gasteiger partial charge in [-0.3, -0.25) is 0 Å². The van der Waals surface area contributed by atoms with E-state index in [4.69, 9.17) is 10.00 Å². The molecule has 84 valence electrons. The fourth-order valence-corrected chi connectivity index (χ4v) is 1.93. The summed E-state index contributed by atoms with van der Waals surface area (Å²) in [6.45, 7) is 2.96. The highest BCUT2D eigenvalue weighted by atomic mass is 16.5. The maximum atomic E-state index is 8.67. The van der Waals surface area contributed by atoms with Gasteiger partial charge in [0, 0.05) is 12.2 Å². The molecule has 1 aromatic carbocycles. The van der Waals surface area contributed by atoms with Crippen molar-refractivity contribution in [2.45, 2.75) is 32.0 Å². The molecule has 1 heterocycles. The molecule has 0 radical (unpaired) electrons. The van der Waals surface area contributed by atoms with Crippen LogP contribution in [0.1, 0.15) is 25.3 Å². The zero-order valence-electron chi connectivity index (χ0n) is 9.44. The van der Waals surface area contributed by atoms with E-state index in [9.17, 15) is 0 Å². The van der Waals surface area contributed by atoms with Crippen molar-refractivity contribution in [3.8, 4) is 6.07 Å². The second-order valence-electron chi connectivity index (χ2n) is 4.22. The third-order valence-corrected chi connectivity index (χ3v) is 2.87. The van der Waals surface area contributed by atoms with Crippen LogP contribution < -0.4 is 5.32 Å². The summed E-state index contributed by atoms with van der Waals surface area (Å²) in [5.74, 6) is 0. The molecule has 0 bridgehead atoms. The number of nitrogens with one attached hydrogen (secondary N) is 1.